The molecule has 0 atom stereocenters. The molecule has 5 heteroatoms. The summed E-state index contributed by atoms with van der Waals surface area (Å²) in [6.07, 6.45) is 0. The van der Waals surface area contributed by atoms with E-state index in [1.165, 1.54) is 0 Å². The van der Waals surface area contributed by atoms with E-state index in [4.69, 9.17) is 9.47 Å². The summed E-state index contributed by atoms with van der Waals surface area (Å²) < 4.78 is 10.5. The Hall–Kier alpha value is -2.27. The number of aromatic nitrogens is 1. The van der Waals surface area contributed by atoms with Crippen LogP contribution in [0.1, 0.15) is 0 Å². The van der Waals surface area contributed by atoms with Crippen LogP contribution in [0.15, 0.2) is 39.8 Å². The Kier molecular flexibility index (Phi) is 3.20. The maximum Gasteiger partial charge on any atom is 0.256 e. The van der Waals surface area contributed by atoms with Crippen LogP contribution >= 0.6 is 11.3 Å². The Bertz CT molecular complexity index is 806. The third-order valence-corrected chi connectivity index (χ3v) is 3.86. The predicted octanol–water partition coefficient (Wildman–Crippen LogP) is 3.27. The number of hydrogen-bond donors (Lipinski definition) is 1. The Morgan fingerprint density at radius 2 is 1.85 bits per heavy atom. The van der Waals surface area contributed by atoms with Crippen LogP contribution in [0.5, 0.6) is 11.5 Å². The van der Waals surface area contributed by atoms with Gasteiger partial charge in [0.25, 0.3) is 5.56 Å². The summed E-state index contributed by atoms with van der Waals surface area (Å²) in [5.41, 5.74) is 1.67. The fourth-order valence-electron chi connectivity index (χ4n) is 2.17. The Morgan fingerprint density at radius 3 is 2.50 bits per heavy atom. The van der Waals surface area contributed by atoms with E-state index in [-0.39, 0.29) is 5.56 Å². The normalized spacial score (nSPS) is 10.7. The first-order valence-electron chi connectivity index (χ1n) is 6.04. The largest absolute Gasteiger partial charge is 0.493 e. The molecular weight excluding hydrogens is 274 g/mol. The van der Waals surface area contributed by atoms with Crippen molar-refractivity contribution in [1.82, 2.24) is 4.98 Å². The number of ether oxygens (including phenoxy) is 2. The molecule has 0 aliphatic heterocycles. The predicted molar refractivity (Wildman–Crippen MR) is 81.0 cm³/mol. The molecule has 0 saturated heterocycles. The molecular formula is C15H13NO3S. The highest BCUT2D eigenvalue weighted by Crippen LogP contribution is 2.32. The topological polar surface area (TPSA) is 51.3 Å². The molecule has 4 nitrogen and oxygen atoms in total. The van der Waals surface area contributed by atoms with Gasteiger partial charge in [0, 0.05) is 16.6 Å². The van der Waals surface area contributed by atoms with Gasteiger partial charge in [-0.05, 0) is 35.0 Å². The molecule has 3 aromatic rings. The van der Waals surface area contributed by atoms with E-state index >= 15 is 0 Å². The Labute approximate surface area is 119 Å². The number of thiophene rings is 1. The zero-order chi connectivity index (χ0) is 14.1. The number of H-pyrrole nitrogens is 1. The third-order valence-electron chi connectivity index (χ3n) is 3.18. The third kappa shape index (κ3) is 2.06. The summed E-state index contributed by atoms with van der Waals surface area (Å²) in [4.78, 5) is 15.1. The molecule has 2 heterocycles. The van der Waals surface area contributed by atoms with Crippen LogP contribution in [-0.2, 0) is 0 Å². The van der Waals surface area contributed by atoms with Crippen molar-refractivity contribution < 1.29 is 9.47 Å². The molecule has 0 fully saturated rings. The SMILES string of the molecule is COc1cc2cc(-c3ccsc3)[nH]c(=O)c2cc1OC. The molecule has 0 spiro atoms. The number of benzene rings is 1. The molecule has 20 heavy (non-hydrogen) atoms. The van der Waals surface area contributed by atoms with Crippen molar-refractivity contribution in [3.8, 4) is 22.8 Å². The zero-order valence-corrected chi connectivity index (χ0v) is 11.9. The van der Waals surface area contributed by atoms with Crippen molar-refractivity contribution in [2.24, 2.45) is 0 Å². The average Bonchev–Trinajstić information content (AvgIpc) is 3.00. The van der Waals surface area contributed by atoms with Crippen LogP contribution in [-0.4, -0.2) is 19.2 Å². The maximum atomic E-state index is 12.2. The standard InChI is InChI=1S/C15H13NO3S/c1-18-13-6-10-5-12(9-3-4-20-8-9)16-15(17)11(10)7-14(13)19-2/h3-8H,1-2H3,(H,16,17). The van der Waals surface area contributed by atoms with Crippen molar-refractivity contribution in [3.63, 3.8) is 0 Å². The molecule has 2 aromatic heterocycles. The van der Waals surface area contributed by atoms with E-state index in [1.807, 2.05) is 29.0 Å². The average molecular weight is 287 g/mol. The van der Waals surface area contributed by atoms with E-state index in [9.17, 15) is 4.79 Å². The quantitative estimate of drug-likeness (QED) is 0.804. The molecule has 1 N–H and O–H groups in total. The first kappa shape index (κ1) is 12.7. The Morgan fingerprint density at radius 1 is 1.10 bits per heavy atom. The number of hydrogen-bond acceptors (Lipinski definition) is 4. The van der Waals surface area contributed by atoms with Gasteiger partial charge in [0.1, 0.15) is 0 Å². The van der Waals surface area contributed by atoms with Crippen molar-refractivity contribution in [3.05, 3.63) is 45.4 Å². The molecule has 0 saturated carbocycles. The van der Waals surface area contributed by atoms with Crippen molar-refractivity contribution >= 4 is 22.1 Å². The summed E-state index contributed by atoms with van der Waals surface area (Å²) in [5.74, 6) is 1.16. The number of fused-ring (bicyclic) bond motifs is 1. The van der Waals surface area contributed by atoms with Gasteiger partial charge >= 0.3 is 0 Å². The minimum absolute atomic E-state index is 0.135. The summed E-state index contributed by atoms with van der Waals surface area (Å²) in [6, 6.07) is 7.44. The van der Waals surface area contributed by atoms with Crippen LogP contribution in [0, 0.1) is 0 Å². The van der Waals surface area contributed by atoms with E-state index in [0.717, 1.165) is 16.6 Å². The van der Waals surface area contributed by atoms with E-state index in [2.05, 4.69) is 4.98 Å². The monoisotopic (exact) mass is 287 g/mol. The minimum Gasteiger partial charge on any atom is -0.493 e. The van der Waals surface area contributed by atoms with Gasteiger partial charge in [0.05, 0.1) is 19.6 Å². The maximum absolute atomic E-state index is 12.2. The van der Waals surface area contributed by atoms with E-state index < -0.39 is 0 Å². The van der Waals surface area contributed by atoms with Gasteiger partial charge in [-0.25, -0.2) is 0 Å². The lowest BCUT2D eigenvalue weighted by Gasteiger charge is -2.09. The molecule has 0 bridgehead atoms. The molecule has 102 valence electrons. The van der Waals surface area contributed by atoms with Crippen LogP contribution in [0.3, 0.4) is 0 Å². The van der Waals surface area contributed by atoms with Crippen LogP contribution in [0.2, 0.25) is 0 Å². The lowest BCUT2D eigenvalue weighted by molar-refractivity contribution is 0.356. The first-order chi connectivity index (χ1) is 9.72. The highest BCUT2D eigenvalue weighted by atomic mass is 32.1. The molecule has 0 amide bonds. The highest BCUT2D eigenvalue weighted by molar-refractivity contribution is 7.08. The second-order valence-electron chi connectivity index (χ2n) is 4.32. The van der Waals surface area contributed by atoms with E-state index in [1.54, 1.807) is 31.6 Å². The smallest absolute Gasteiger partial charge is 0.256 e. The first-order valence-corrected chi connectivity index (χ1v) is 6.99. The number of rotatable bonds is 3. The van der Waals surface area contributed by atoms with Crippen LogP contribution in [0.25, 0.3) is 22.0 Å². The second kappa shape index (κ2) is 5.02. The molecule has 1 aromatic carbocycles. The molecule has 0 aliphatic carbocycles. The van der Waals surface area contributed by atoms with Gasteiger partial charge in [0.2, 0.25) is 0 Å². The molecule has 0 unspecified atom stereocenters. The summed E-state index contributed by atoms with van der Waals surface area (Å²) in [7, 11) is 3.13. The van der Waals surface area contributed by atoms with Gasteiger partial charge in [-0.1, -0.05) is 0 Å². The van der Waals surface area contributed by atoms with Gasteiger partial charge in [0.15, 0.2) is 11.5 Å². The molecule has 3 rings (SSSR count). The molecule has 0 aliphatic rings. The summed E-state index contributed by atoms with van der Waals surface area (Å²) >= 11 is 1.59. The number of pyridine rings is 1. The van der Waals surface area contributed by atoms with E-state index in [0.29, 0.717) is 16.9 Å². The lowest BCUT2D eigenvalue weighted by atomic mass is 10.1. The van der Waals surface area contributed by atoms with Gasteiger partial charge in [-0.15, -0.1) is 0 Å². The zero-order valence-electron chi connectivity index (χ0n) is 11.1. The van der Waals surface area contributed by atoms with Gasteiger partial charge in [-0.2, -0.15) is 11.3 Å². The Balaban J connectivity index is 2.28. The van der Waals surface area contributed by atoms with Crippen molar-refractivity contribution in [1.29, 1.82) is 0 Å². The lowest BCUT2D eigenvalue weighted by Crippen LogP contribution is -2.07. The number of aromatic amines is 1. The van der Waals surface area contributed by atoms with Gasteiger partial charge in [-0.3, -0.25) is 4.79 Å². The highest BCUT2D eigenvalue weighted by Gasteiger charge is 2.10. The molecule has 0 radical (unpaired) electrons. The van der Waals surface area contributed by atoms with Crippen LogP contribution in [0.4, 0.5) is 0 Å². The van der Waals surface area contributed by atoms with Crippen molar-refractivity contribution in [2.75, 3.05) is 14.2 Å². The van der Waals surface area contributed by atoms with Crippen molar-refractivity contribution in [2.45, 2.75) is 0 Å². The van der Waals surface area contributed by atoms with Crippen LogP contribution < -0.4 is 15.0 Å². The number of methoxy groups -OCH3 is 2. The summed E-state index contributed by atoms with van der Waals surface area (Å²) in [5, 5.41) is 5.39. The van der Waals surface area contributed by atoms with Gasteiger partial charge < -0.3 is 14.5 Å². The second-order valence-corrected chi connectivity index (χ2v) is 5.10. The summed E-state index contributed by atoms with van der Waals surface area (Å²) in [6.45, 7) is 0. The number of nitrogens with one attached hydrogen (secondary N) is 1. The fraction of sp³-hybridized carbons (Fsp3) is 0.133. The fourth-order valence-corrected chi connectivity index (χ4v) is 2.82. The minimum atomic E-state index is -0.135.